The van der Waals surface area contributed by atoms with E-state index in [0.717, 1.165) is 43.1 Å². The van der Waals surface area contributed by atoms with Crippen LogP contribution in [0, 0.1) is 0 Å². The van der Waals surface area contributed by atoms with Crippen LogP contribution in [-0.2, 0) is 6.42 Å². The Kier molecular flexibility index (Phi) is 3.47. The Morgan fingerprint density at radius 2 is 2.06 bits per heavy atom. The van der Waals surface area contributed by atoms with Crippen LogP contribution in [0.3, 0.4) is 0 Å². The van der Waals surface area contributed by atoms with Crippen LogP contribution < -0.4 is 10.6 Å². The van der Waals surface area contributed by atoms with E-state index < -0.39 is 5.60 Å². The van der Waals surface area contributed by atoms with Gasteiger partial charge in [-0.3, -0.25) is 0 Å². The van der Waals surface area contributed by atoms with Gasteiger partial charge in [-0.2, -0.15) is 0 Å². The molecule has 0 aliphatic heterocycles. The number of aliphatic hydroxyl groups is 1. The second-order valence-electron chi connectivity index (χ2n) is 4.59. The van der Waals surface area contributed by atoms with Crippen molar-refractivity contribution < 1.29 is 5.11 Å². The minimum absolute atomic E-state index is 0.531. The van der Waals surface area contributed by atoms with Gasteiger partial charge in [-0.25, -0.2) is 9.97 Å². The van der Waals surface area contributed by atoms with Crippen LogP contribution in [0.1, 0.15) is 32.0 Å². The molecule has 5 heteroatoms. The maximum absolute atomic E-state index is 10.0. The van der Waals surface area contributed by atoms with Crippen LogP contribution in [-0.4, -0.2) is 34.3 Å². The van der Waals surface area contributed by atoms with Crippen molar-refractivity contribution in [3.8, 4) is 0 Å². The van der Waals surface area contributed by atoms with Gasteiger partial charge in [0.05, 0.1) is 5.60 Å². The number of anilines is 2. The second-order valence-corrected chi connectivity index (χ2v) is 4.59. The Hall–Kier alpha value is -1.36. The zero-order valence-corrected chi connectivity index (χ0v) is 10.5. The fourth-order valence-corrected chi connectivity index (χ4v) is 1.89. The average Bonchev–Trinajstić information content (AvgIpc) is 2.33. The first-order valence-corrected chi connectivity index (χ1v) is 6.17. The largest absolute Gasteiger partial charge is 0.388 e. The van der Waals surface area contributed by atoms with Gasteiger partial charge >= 0.3 is 0 Å². The minimum atomic E-state index is -0.531. The van der Waals surface area contributed by atoms with Crippen LogP contribution in [0.4, 0.5) is 11.6 Å². The Labute approximate surface area is 102 Å². The molecule has 1 fully saturated rings. The van der Waals surface area contributed by atoms with Gasteiger partial charge in [-0.05, 0) is 19.3 Å². The molecule has 0 aromatic carbocycles. The smallest absolute Gasteiger partial charge is 0.132 e. The van der Waals surface area contributed by atoms with Crippen LogP contribution in [0.25, 0.3) is 0 Å². The number of aryl methyl sites for hydroxylation is 1. The topological polar surface area (TPSA) is 70.1 Å². The molecule has 0 saturated heterocycles. The van der Waals surface area contributed by atoms with Crippen molar-refractivity contribution in [1.82, 2.24) is 9.97 Å². The molecule has 1 heterocycles. The van der Waals surface area contributed by atoms with Gasteiger partial charge < -0.3 is 15.7 Å². The van der Waals surface area contributed by atoms with Crippen molar-refractivity contribution in [2.24, 2.45) is 0 Å². The van der Waals surface area contributed by atoms with E-state index in [1.54, 1.807) is 0 Å². The summed E-state index contributed by atoms with van der Waals surface area (Å²) in [6.07, 6.45) is 3.67. The van der Waals surface area contributed by atoms with Gasteiger partial charge in [0.15, 0.2) is 0 Å². The molecule has 0 radical (unpaired) electrons. The molecule has 5 nitrogen and oxygen atoms in total. The molecule has 17 heavy (non-hydrogen) atoms. The maximum atomic E-state index is 10.0. The van der Waals surface area contributed by atoms with Crippen molar-refractivity contribution in [2.75, 3.05) is 24.2 Å². The maximum Gasteiger partial charge on any atom is 0.132 e. The monoisotopic (exact) mass is 236 g/mol. The first-order valence-electron chi connectivity index (χ1n) is 6.17. The standard InChI is InChI=1S/C12H20N4O/c1-3-9-15-10(13-2)7-11(16-9)14-8-12(17)5-4-6-12/h7,17H,3-6,8H2,1-2H3,(H2,13,14,15,16). The average molecular weight is 236 g/mol. The molecule has 3 N–H and O–H groups in total. The van der Waals surface area contributed by atoms with E-state index >= 15 is 0 Å². The van der Waals surface area contributed by atoms with Crippen molar-refractivity contribution in [1.29, 1.82) is 0 Å². The Bertz CT molecular complexity index is 368. The van der Waals surface area contributed by atoms with Gasteiger partial charge in [0.25, 0.3) is 0 Å². The fraction of sp³-hybridized carbons (Fsp3) is 0.667. The molecule has 1 aliphatic rings. The molecule has 1 aliphatic carbocycles. The number of nitrogens with zero attached hydrogens (tertiary/aromatic N) is 2. The van der Waals surface area contributed by atoms with Crippen molar-refractivity contribution in [2.45, 2.75) is 38.2 Å². The fourth-order valence-electron chi connectivity index (χ4n) is 1.89. The summed E-state index contributed by atoms with van der Waals surface area (Å²) < 4.78 is 0. The third kappa shape index (κ3) is 2.85. The Balaban J connectivity index is 2.03. The summed E-state index contributed by atoms with van der Waals surface area (Å²) in [5.41, 5.74) is -0.531. The summed E-state index contributed by atoms with van der Waals surface area (Å²) in [7, 11) is 1.84. The number of aromatic nitrogens is 2. The first kappa shape index (κ1) is 12.1. The van der Waals surface area contributed by atoms with Crippen LogP contribution in [0.15, 0.2) is 6.07 Å². The lowest BCUT2D eigenvalue weighted by Gasteiger charge is -2.36. The number of nitrogens with one attached hydrogen (secondary N) is 2. The highest BCUT2D eigenvalue weighted by molar-refractivity contribution is 5.47. The number of rotatable bonds is 5. The van der Waals surface area contributed by atoms with E-state index in [0.29, 0.717) is 6.54 Å². The molecule has 2 rings (SSSR count). The van der Waals surface area contributed by atoms with Gasteiger partial charge in [-0.1, -0.05) is 6.92 Å². The van der Waals surface area contributed by atoms with E-state index in [9.17, 15) is 5.11 Å². The molecular formula is C12H20N4O. The summed E-state index contributed by atoms with van der Waals surface area (Å²) in [6, 6.07) is 1.86. The van der Waals surface area contributed by atoms with Crippen molar-refractivity contribution >= 4 is 11.6 Å². The highest BCUT2D eigenvalue weighted by Gasteiger charge is 2.34. The molecule has 94 valence electrons. The van der Waals surface area contributed by atoms with E-state index in [1.165, 1.54) is 0 Å². The van der Waals surface area contributed by atoms with Crippen LogP contribution >= 0.6 is 0 Å². The third-order valence-electron chi connectivity index (χ3n) is 3.23. The van der Waals surface area contributed by atoms with E-state index in [2.05, 4.69) is 20.6 Å². The molecule has 0 amide bonds. The predicted molar refractivity (Wildman–Crippen MR) is 68.2 cm³/mol. The summed E-state index contributed by atoms with van der Waals surface area (Å²) in [4.78, 5) is 8.71. The molecule has 0 spiro atoms. The highest BCUT2D eigenvalue weighted by Crippen LogP contribution is 2.31. The molecule has 1 saturated carbocycles. The van der Waals surface area contributed by atoms with E-state index in [1.807, 2.05) is 20.0 Å². The Morgan fingerprint density at radius 3 is 2.59 bits per heavy atom. The van der Waals surface area contributed by atoms with Crippen molar-refractivity contribution in [3.05, 3.63) is 11.9 Å². The van der Waals surface area contributed by atoms with Gasteiger partial charge in [0.1, 0.15) is 17.5 Å². The van der Waals surface area contributed by atoms with Gasteiger partial charge in [0.2, 0.25) is 0 Å². The molecular weight excluding hydrogens is 216 g/mol. The lowest BCUT2D eigenvalue weighted by Crippen LogP contribution is -2.43. The second kappa shape index (κ2) is 4.87. The summed E-state index contributed by atoms with van der Waals surface area (Å²) in [6.45, 7) is 2.59. The number of hydrogen-bond donors (Lipinski definition) is 3. The SMILES string of the molecule is CCc1nc(NC)cc(NCC2(O)CCC2)n1. The van der Waals surface area contributed by atoms with E-state index in [-0.39, 0.29) is 0 Å². The summed E-state index contributed by atoms with van der Waals surface area (Å²) in [5, 5.41) is 16.2. The molecule has 0 atom stereocenters. The van der Waals surface area contributed by atoms with Crippen molar-refractivity contribution in [3.63, 3.8) is 0 Å². The zero-order chi connectivity index (χ0) is 12.3. The molecule has 1 aromatic heterocycles. The third-order valence-corrected chi connectivity index (χ3v) is 3.23. The summed E-state index contributed by atoms with van der Waals surface area (Å²) >= 11 is 0. The van der Waals surface area contributed by atoms with Gasteiger partial charge in [-0.15, -0.1) is 0 Å². The lowest BCUT2D eigenvalue weighted by atomic mass is 9.80. The lowest BCUT2D eigenvalue weighted by molar-refractivity contribution is -0.0202. The normalized spacial score (nSPS) is 17.4. The Morgan fingerprint density at radius 1 is 1.35 bits per heavy atom. The summed E-state index contributed by atoms with van der Waals surface area (Å²) in [5.74, 6) is 2.39. The minimum Gasteiger partial charge on any atom is -0.388 e. The number of hydrogen-bond acceptors (Lipinski definition) is 5. The zero-order valence-electron chi connectivity index (χ0n) is 10.5. The van der Waals surface area contributed by atoms with Crippen LogP contribution in [0.5, 0.6) is 0 Å². The van der Waals surface area contributed by atoms with Crippen LogP contribution in [0.2, 0.25) is 0 Å². The highest BCUT2D eigenvalue weighted by atomic mass is 16.3. The van der Waals surface area contributed by atoms with Gasteiger partial charge in [0, 0.05) is 26.1 Å². The quantitative estimate of drug-likeness (QED) is 0.721. The first-order chi connectivity index (χ1) is 8.15. The predicted octanol–water partition coefficient (Wildman–Crippen LogP) is 1.41. The molecule has 0 unspecified atom stereocenters. The van der Waals surface area contributed by atoms with E-state index in [4.69, 9.17) is 0 Å². The molecule has 1 aromatic rings. The molecule has 0 bridgehead atoms.